The molecule has 1 atom stereocenters. The van der Waals surface area contributed by atoms with Crippen LogP contribution >= 0.6 is 11.6 Å². The van der Waals surface area contributed by atoms with Crippen LogP contribution < -0.4 is 5.32 Å². The number of benzene rings is 1. The SMILES string of the molecule is Cc1cc(CN[C@@H](C)CC(=O)N(C)C)ccc1Cl. The quantitative estimate of drug-likeness (QED) is 0.890. The molecule has 0 aliphatic carbocycles. The maximum atomic E-state index is 11.5. The van der Waals surface area contributed by atoms with Crippen LogP contribution in [0.25, 0.3) is 0 Å². The van der Waals surface area contributed by atoms with Crippen molar-refractivity contribution in [1.29, 1.82) is 0 Å². The summed E-state index contributed by atoms with van der Waals surface area (Å²) in [6.45, 7) is 4.76. The number of halogens is 1. The molecule has 0 spiro atoms. The fourth-order valence-corrected chi connectivity index (χ4v) is 1.74. The molecule has 0 heterocycles. The summed E-state index contributed by atoms with van der Waals surface area (Å²) in [5.41, 5.74) is 2.26. The summed E-state index contributed by atoms with van der Waals surface area (Å²) >= 11 is 5.98. The van der Waals surface area contributed by atoms with Crippen LogP contribution in [0.4, 0.5) is 0 Å². The van der Waals surface area contributed by atoms with Crippen molar-refractivity contribution in [3.63, 3.8) is 0 Å². The van der Waals surface area contributed by atoms with Gasteiger partial charge in [0.05, 0.1) is 0 Å². The maximum absolute atomic E-state index is 11.5. The summed E-state index contributed by atoms with van der Waals surface area (Å²) in [6, 6.07) is 6.14. The van der Waals surface area contributed by atoms with Gasteiger partial charge in [0.15, 0.2) is 0 Å². The molecule has 18 heavy (non-hydrogen) atoms. The van der Waals surface area contributed by atoms with E-state index in [0.717, 1.165) is 17.1 Å². The molecule has 1 rings (SSSR count). The van der Waals surface area contributed by atoms with Crippen LogP contribution in [-0.2, 0) is 11.3 Å². The number of carbonyl (C=O) groups is 1. The Kier molecular flexibility index (Phi) is 5.63. The van der Waals surface area contributed by atoms with E-state index in [9.17, 15) is 4.79 Å². The molecule has 0 radical (unpaired) electrons. The van der Waals surface area contributed by atoms with Crippen molar-refractivity contribution in [3.8, 4) is 0 Å². The molecule has 0 aromatic heterocycles. The van der Waals surface area contributed by atoms with Crippen molar-refractivity contribution >= 4 is 17.5 Å². The Bertz CT molecular complexity index is 418. The molecule has 3 nitrogen and oxygen atoms in total. The van der Waals surface area contributed by atoms with E-state index in [4.69, 9.17) is 11.6 Å². The van der Waals surface area contributed by atoms with E-state index in [0.29, 0.717) is 6.42 Å². The fourth-order valence-electron chi connectivity index (χ4n) is 1.63. The minimum absolute atomic E-state index is 0.141. The lowest BCUT2D eigenvalue weighted by Gasteiger charge is -2.16. The summed E-state index contributed by atoms with van der Waals surface area (Å²) in [7, 11) is 3.55. The second kappa shape index (κ2) is 6.76. The second-order valence-corrected chi connectivity index (χ2v) is 5.26. The third-order valence-corrected chi connectivity index (χ3v) is 3.28. The van der Waals surface area contributed by atoms with Crippen molar-refractivity contribution < 1.29 is 4.79 Å². The Morgan fingerprint density at radius 1 is 1.44 bits per heavy atom. The van der Waals surface area contributed by atoms with E-state index >= 15 is 0 Å². The average Bonchev–Trinajstić information content (AvgIpc) is 2.30. The van der Waals surface area contributed by atoms with E-state index in [-0.39, 0.29) is 11.9 Å². The first-order chi connectivity index (χ1) is 8.40. The molecule has 0 unspecified atom stereocenters. The highest BCUT2D eigenvalue weighted by atomic mass is 35.5. The van der Waals surface area contributed by atoms with Gasteiger partial charge in [0.2, 0.25) is 5.91 Å². The van der Waals surface area contributed by atoms with Gasteiger partial charge in [-0.25, -0.2) is 0 Å². The van der Waals surface area contributed by atoms with Crippen LogP contribution in [-0.4, -0.2) is 30.9 Å². The number of aryl methyl sites for hydroxylation is 1. The number of hydrogen-bond donors (Lipinski definition) is 1. The zero-order valence-corrected chi connectivity index (χ0v) is 12.2. The summed E-state index contributed by atoms with van der Waals surface area (Å²) < 4.78 is 0. The van der Waals surface area contributed by atoms with Crippen LogP contribution in [0.1, 0.15) is 24.5 Å². The summed E-state index contributed by atoms with van der Waals surface area (Å²) in [6.07, 6.45) is 0.513. The van der Waals surface area contributed by atoms with Gasteiger partial charge < -0.3 is 10.2 Å². The standard InChI is InChI=1S/C14H21ClN2O/c1-10-7-12(5-6-13(10)15)9-16-11(2)8-14(18)17(3)4/h5-7,11,16H,8-9H2,1-4H3/t11-/m0/s1. The van der Waals surface area contributed by atoms with Crippen LogP contribution in [0.2, 0.25) is 5.02 Å². The first-order valence-electron chi connectivity index (χ1n) is 6.08. The van der Waals surface area contributed by atoms with Gasteiger partial charge in [-0.1, -0.05) is 23.7 Å². The van der Waals surface area contributed by atoms with E-state index in [2.05, 4.69) is 11.4 Å². The second-order valence-electron chi connectivity index (χ2n) is 4.86. The first-order valence-corrected chi connectivity index (χ1v) is 6.46. The maximum Gasteiger partial charge on any atom is 0.223 e. The molecule has 0 aliphatic heterocycles. The normalized spacial score (nSPS) is 12.3. The van der Waals surface area contributed by atoms with Gasteiger partial charge >= 0.3 is 0 Å². The Hall–Kier alpha value is -1.06. The topological polar surface area (TPSA) is 32.3 Å². The van der Waals surface area contributed by atoms with E-state index in [1.807, 2.05) is 26.0 Å². The van der Waals surface area contributed by atoms with Gasteiger partial charge in [-0.2, -0.15) is 0 Å². The van der Waals surface area contributed by atoms with Crippen LogP contribution in [0.5, 0.6) is 0 Å². The molecule has 1 amide bonds. The van der Waals surface area contributed by atoms with E-state index in [1.54, 1.807) is 19.0 Å². The molecule has 0 bridgehead atoms. The molecule has 0 saturated heterocycles. The highest BCUT2D eigenvalue weighted by Crippen LogP contribution is 2.16. The Balaban J connectivity index is 2.45. The zero-order chi connectivity index (χ0) is 13.7. The lowest BCUT2D eigenvalue weighted by Crippen LogP contribution is -2.32. The van der Waals surface area contributed by atoms with E-state index < -0.39 is 0 Å². The third-order valence-electron chi connectivity index (χ3n) is 2.86. The number of nitrogens with one attached hydrogen (secondary N) is 1. The number of nitrogens with zero attached hydrogens (tertiary/aromatic N) is 1. The number of carbonyl (C=O) groups excluding carboxylic acids is 1. The molecule has 0 aliphatic rings. The van der Waals surface area contributed by atoms with Crippen LogP contribution in [0.3, 0.4) is 0 Å². The van der Waals surface area contributed by atoms with Gasteiger partial charge in [-0.05, 0) is 31.0 Å². The number of hydrogen-bond acceptors (Lipinski definition) is 2. The van der Waals surface area contributed by atoms with Gasteiger partial charge in [0, 0.05) is 38.1 Å². The van der Waals surface area contributed by atoms with Gasteiger partial charge in [0.25, 0.3) is 0 Å². The summed E-state index contributed by atoms with van der Waals surface area (Å²) in [4.78, 5) is 13.1. The number of amides is 1. The Morgan fingerprint density at radius 2 is 2.11 bits per heavy atom. The zero-order valence-electron chi connectivity index (χ0n) is 11.5. The monoisotopic (exact) mass is 268 g/mol. The minimum Gasteiger partial charge on any atom is -0.349 e. The first kappa shape index (κ1) is 15.0. The summed E-state index contributed by atoms with van der Waals surface area (Å²) in [5, 5.41) is 4.13. The summed E-state index contributed by atoms with van der Waals surface area (Å²) in [5.74, 6) is 0.141. The molecule has 100 valence electrons. The molecule has 1 N–H and O–H groups in total. The smallest absolute Gasteiger partial charge is 0.223 e. The largest absolute Gasteiger partial charge is 0.349 e. The van der Waals surface area contributed by atoms with Crippen LogP contribution in [0.15, 0.2) is 18.2 Å². The van der Waals surface area contributed by atoms with Crippen LogP contribution in [0, 0.1) is 6.92 Å². The molecule has 0 fully saturated rings. The van der Waals surface area contributed by atoms with Gasteiger partial charge in [-0.3, -0.25) is 4.79 Å². The Labute approximate surface area is 114 Å². The average molecular weight is 269 g/mol. The highest BCUT2D eigenvalue weighted by molar-refractivity contribution is 6.31. The predicted molar refractivity (Wildman–Crippen MR) is 75.8 cm³/mol. The van der Waals surface area contributed by atoms with Gasteiger partial charge in [-0.15, -0.1) is 0 Å². The van der Waals surface area contributed by atoms with Crippen molar-refractivity contribution in [2.24, 2.45) is 0 Å². The lowest BCUT2D eigenvalue weighted by molar-refractivity contribution is -0.129. The fraction of sp³-hybridized carbons (Fsp3) is 0.500. The van der Waals surface area contributed by atoms with Gasteiger partial charge in [0.1, 0.15) is 0 Å². The lowest BCUT2D eigenvalue weighted by atomic mass is 10.1. The molecular formula is C14H21ClN2O. The molecule has 1 aromatic carbocycles. The van der Waals surface area contributed by atoms with Crippen molar-refractivity contribution in [1.82, 2.24) is 10.2 Å². The number of rotatable bonds is 5. The van der Waals surface area contributed by atoms with Crippen molar-refractivity contribution in [2.75, 3.05) is 14.1 Å². The molecule has 4 heteroatoms. The van der Waals surface area contributed by atoms with Crippen molar-refractivity contribution in [2.45, 2.75) is 32.9 Å². The predicted octanol–water partition coefficient (Wildman–Crippen LogP) is 2.60. The van der Waals surface area contributed by atoms with E-state index in [1.165, 1.54) is 5.56 Å². The Morgan fingerprint density at radius 3 is 2.67 bits per heavy atom. The molecule has 1 aromatic rings. The highest BCUT2D eigenvalue weighted by Gasteiger charge is 2.10. The minimum atomic E-state index is 0.141. The molecule has 0 saturated carbocycles. The third kappa shape index (κ3) is 4.67. The molecular weight excluding hydrogens is 248 g/mol. The van der Waals surface area contributed by atoms with Crippen molar-refractivity contribution in [3.05, 3.63) is 34.3 Å².